The van der Waals surface area contributed by atoms with Crippen molar-refractivity contribution in [3.8, 4) is 5.75 Å². The molecule has 1 aromatic carbocycles. The molecule has 0 spiro atoms. The minimum absolute atomic E-state index is 0.253. The normalized spacial score (nSPS) is 11.4. The lowest BCUT2D eigenvalue weighted by Gasteiger charge is -2.08. The number of ether oxygens (including phenoxy) is 1. The fraction of sp³-hybridized carbons (Fsp3) is 0.250. The first-order valence-corrected chi connectivity index (χ1v) is 6.40. The molecule has 110 valence electrons. The van der Waals surface area contributed by atoms with Gasteiger partial charge in [-0.3, -0.25) is 5.84 Å². The van der Waals surface area contributed by atoms with Crippen molar-refractivity contribution in [2.45, 2.75) is 20.3 Å². The van der Waals surface area contributed by atoms with Gasteiger partial charge in [-0.15, -0.1) is 13.2 Å². The first-order chi connectivity index (χ1) is 9.69. The van der Waals surface area contributed by atoms with Crippen molar-refractivity contribution in [1.29, 1.82) is 0 Å². The summed E-state index contributed by atoms with van der Waals surface area (Å²) in [7, 11) is 0. The number of hydrogen-bond donors (Lipinski definition) is 2. The molecular formula is C16H23FN2O. The smallest absolute Gasteiger partial charge is 0.165 e. The van der Waals surface area contributed by atoms with E-state index in [0.717, 1.165) is 17.7 Å². The molecule has 0 bridgehead atoms. The van der Waals surface area contributed by atoms with Crippen LogP contribution in [-0.4, -0.2) is 6.61 Å². The Morgan fingerprint density at radius 3 is 2.55 bits per heavy atom. The first kappa shape index (κ1) is 17.9. The molecule has 0 aromatic heterocycles. The highest BCUT2D eigenvalue weighted by Crippen LogP contribution is 2.15. The third-order valence-electron chi connectivity index (χ3n) is 2.45. The van der Waals surface area contributed by atoms with Gasteiger partial charge < -0.3 is 10.2 Å². The van der Waals surface area contributed by atoms with Gasteiger partial charge in [0.1, 0.15) is 6.61 Å². The standard InChI is InChI=1S/C14H19FN2O.C2H4/c1-3-6-13(17-16)11(2)9-10-18-14-8-5-4-7-12(14)15;1-2/h4-9,17H,3,10,16H2,1-2H3;1-2H2/b11-9-,13-6+;. The Bertz CT molecular complexity index is 456. The second-order valence-electron chi connectivity index (χ2n) is 3.80. The molecule has 4 heteroatoms. The van der Waals surface area contributed by atoms with E-state index in [-0.39, 0.29) is 11.6 Å². The van der Waals surface area contributed by atoms with Gasteiger partial charge in [0.05, 0.1) is 0 Å². The van der Waals surface area contributed by atoms with E-state index in [9.17, 15) is 4.39 Å². The third-order valence-corrected chi connectivity index (χ3v) is 2.45. The van der Waals surface area contributed by atoms with E-state index in [0.29, 0.717) is 6.61 Å². The summed E-state index contributed by atoms with van der Waals surface area (Å²) in [6, 6.07) is 6.33. The van der Waals surface area contributed by atoms with Crippen LogP contribution >= 0.6 is 0 Å². The zero-order chi connectivity index (χ0) is 15.4. The van der Waals surface area contributed by atoms with Crippen molar-refractivity contribution >= 4 is 0 Å². The van der Waals surface area contributed by atoms with E-state index in [4.69, 9.17) is 10.6 Å². The molecule has 3 nitrogen and oxygen atoms in total. The number of hydrogen-bond acceptors (Lipinski definition) is 3. The fourth-order valence-corrected chi connectivity index (χ4v) is 1.47. The van der Waals surface area contributed by atoms with Crippen molar-refractivity contribution in [2.24, 2.45) is 5.84 Å². The summed E-state index contributed by atoms with van der Waals surface area (Å²) in [5, 5.41) is 0. The molecule has 0 unspecified atom stereocenters. The van der Waals surface area contributed by atoms with Crippen LogP contribution in [0.25, 0.3) is 0 Å². The molecule has 0 heterocycles. The molecule has 0 saturated carbocycles. The maximum absolute atomic E-state index is 13.3. The Morgan fingerprint density at radius 2 is 2.00 bits per heavy atom. The average Bonchev–Trinajstić information content (AvgIpc) is 2.48. The number of halogens is 1. The van der Waals surface area contributed by atoms with Crippen LogP contribution in [0.5, 0.6) is 5.75 Å². The predicted molar refractivity (Wildman–Crippen MR) is 82.6 cm³/mol. The minimum Gasteiger partial charge on any atom is -0.486 e. The van der Waals surface area contributed by atoms with E-state index >= 15 is 0 Å². The van der Waals surface area contributed by atoms with Crippen molar-refractivity contribution in [2.75, 3.05) is 6.61 Å². The van der Waals surface area contributed by atoms with Crippen LogP contribution in [0, 0.1) is 5.82 Å². The van der Waals surface area contributed by atoms with Crippen LogP contribution in [0.3, 0.4) is 0 Å². The van der Waals surface area contributed by atoms with Gasteiger partial charge in [0, 0.05) is 5.70 Å². The summed E-state index contributed by atoms with van der Waals surface area (Å²) < 4.78 is 18.6. The SMILES string of the molecule is C=C.CC/C=C(NN)\C(C)=C/COc1ccccc1F. The average molecular weight is 278 g/mol. The Labute approximate surface area is 120 Å². The van der Waals surface area contributed by atoms with Gasteiger partial charge in [-0.25, -0.2) is 4.39 Å². The van der Waals surface area contributed by atoms with Gasteiger partial charge in [-0.1, -0.05) is 25.1 Å². The number of rotatable bonds is 6. The molecule has 1 aromatic rings. The zero-order valence-electron chi connectivity index (χ0n) is 12.2. The van der Waals surface area contributed by atoms with Gasteiger partial charge >= 0.3 is 0 Å². The van der Waals surface area contributed by atoms with Crippen LogP contribution in [0.1, 0.15) is 20.3 Å². The predicted octanol–water partition coefficient (Wildman–Crippen LogP) is 3.71. The summed E-state index contributed by atoms with van der Waals surface area (Å²) in [5.41, 5.74) is 4.45. The molecule has 0 fully saturated rings. The molecular weight excluding hydrogens is 255 g/mol. The molecule has 0 amide bonds. The minimum atomic E-state index is -0.357. The van der Waals surface area contributed by atoms with Crippen molar-refractivity contribution in [1.82, 2.24) is 5.43 Å². The van der Waals surface area contributed by atoms with E-state index in [2.05, 4.69) is 18.6 Å². The molecule has 0 aliphatic carbocycles. The van der Waals surface area contributed by atoms with Crippen LogP contribution in [0.4, 0.5) is 4.39 Å². The second-order valence-corrected chi connectivity index (χ2v) is 3.80. The highest BCUT2D eigenvalue weighted by atomic mass is 19.1. The van der Waals surface area contributed by atoms with Crippen molar-refractivity contribution in [3.63, 3.8) is 0 Å². The third kappa shape index (κ3) is 6.20. The van der Waals surface area contributed by atoms with E-state index < -0.39 is 0 Å². The maximum Gasteiger partial charge on any atom is 0.165 e. The maximum atomic E-state index is 13.3. The van der Waals surface area contributed by atoms with Gasteiger partial charge in [0.25, 0.3) is 0 Å². The molecule has 0 aliphatic rings. The molecule has 3 N–H and O–H groups in total. The van der Waals surface area contributed by atoms with Gasteiger partial charge in [0.2, 0.25) is 0 Å². The summed E-state index contributed by atoms with van der Waals surface area (Å²) >= 11 is 0. The topological polar surface area (TPSA) is 47.3 Å². The number of benzene rings is 1. The molecule has 0 atom stereocenters. The van der Waals surface area contributed by atoms with Gasteiger partial charge in [-0.2, -0.15) is 0 Å². The lowest BCUT2D eigenvalue weighted by atomic mass is 10.2. The monoisotopic (exact) mass is 278 g/mol. The Hall–Kier alpha value is -2.07. The number of allylic oxidation sites excluding steroid dienone is 2. The summed E-state index contributed by atoms with van der Waals surface area (Å²) in [5.74, 6) is 5.30. The molecule has 0 radical (unpaired) electrons. The van der Waals surface area contributed by atoms with Crippen LogP contribution < -0.4 is 16.0 Å². The van der Waals surface area contributed by atoms with E-state index in [1.165, 1.54) is 6.07 Å². The summed E-state index contributed by atoms with van der Waals surface area (Å²) in [6.45, 7) is 10.3. The van der Waals surface area contributed by atoms with Gasteiger partial charge in [-0.05, 0) is 37.1 Å². The number of nitrogens with one attached hydrogen (secondary N) is 1. The lowest BCUT2D eigenvalue weighted by Crippen LogP contribution is -2.22. The molecule has 0 aliphatic heterocycles. The van der Waals surface area contributed by atoms with Crippen LogP contribution in [0.2, 0.25) is 0 Å². The quantitative estimate of drug-likeness (QED) is 0.361. The Balaban J connectivity index is 0.00000172. The van der Waals surface area contributed by atoms with Crippen molar-refractivity contribution < 1.29 is 9.13 Å². The first-order valence-electron chi connectivity index (χ1n) is 6.40. The fourth-order valence-electron chi connectivity index (χ4n) is 1.47. The highest BCUT2D eigenvalue weighted by molar-refractivity contribution is 5.28. The second kappa shape index (κ2) is 10.8. The molecule has 20 heavy (non-hydrogen) atoms. The van der Waals surface area contributed by atoms with Crippen LogP contribution in [-0.2, 0) is 0 Å². The summed E-state index contributed by atoms with van der Waals surface area (Å²) in [6.07, 6.45) is 4.72. The van der Waals surface area contributed by atoms with Crippen molar-refractivity contribution in [3.05, 3.63) is 66.7 Å². The highest BCUT2D eigenvalue weighted by Gasteiger charge is 2.00. The van der Waals surface area contributed by atoms with E-state index in [1.807, 2.05) is 26.0 Å². The number of hydrazine groups is 1. The van der Waals surface area contributed by atoms with Crippen LogP contribution in [0.15, 0.2) is 60.8 Å². The molecule has 1 rings (SSSR count). The molecule has 0 saturated heterocycles. The lowest BCUT2D eigenvalue weighted by molar-refractivity contribution is 0.341. The summed E-state index contributed by atoms with van der Waals surface area (Å²) in [4.78, 5) is 0. The number of para-hydroxylation sites is 1. The Kier molecular flexibility index (Phi) is 9.70. The Morgan fingerprint density at radius 1 is 1.35 bits per heavy atom. The zero-order valence-corrected chi connectivity index (χ0v) is 12.2. The van der Waals surface area contributed by atoms with Gasteiger partial charge in [0.15, 0.2) is 11.6 Å². The van der Waals surface area contributed by atoms with E-state index in [1.54, 1.807) is 18.2 Å². The largest absolute Gasteiger partial charge is 0.486 e. The number of nitrogens with two attached hydrogens (primary N) is 1.